The second kappa shape index (κ2) is 6.13. The third-order valence-electron chi connectivity index (χ3n) is 3.23. The third kappa shape index (κ3) is 2.93. The van der Waals surface area contributed by atoms with Gasteiger partial charge in [0, 0.05) is 6.54 Å². The normalized spacial score (nSPS) is 11.4. The van der Waals surface area contributed by atoms with E-state index in [-0.39, 0.29) is 11.1 Å². The summed E-state index contributed by atoms with van der Waals surface area (Å²) in [7, 11) is 0. The Morgan fingerprint density at radius 1 is 1.27 bits per heavy atom. The summed E-state index contributed by atoms with van der Waals surface area (Å²) in [6.45, 7) is 2.64. The van der Waals surface area contributed by atoms with Gasteiger partial charge in [-0.1, -0.05) is 42.0 Å². The number of nitrogens with zero attached hydrogens (tertiary/aromatic N) is 4. The number of aromatic nitrogens is 4. The number of imidazole rings is 1. The van der Waals surface area contributed by atoms with Crippen LogP contribution in [-0.2, 0) is 6.54 Å². The van der Waals surface area contributed by atoms with Crippen LogP contribution in [0.1, 0.15) is 11.1 Å². The predicted octanol–water partition coefficient (Wildman–Crippen LogP) is 3.30. The van der Waals surface area contributed by atoms with Gasteiger partial charge in [-0.25, -0.2) is 4.98 Å². The monoisotopic (exact) mass is 315 g/mol. The van der Waals surface area contributed by atoms with Gasteiger partial charge in [0.1, 0.15) is 0 Å². The summed E-state index contributed by atoms with van der Waals surface area (Å²) in [6.07, 6.45) is 5.67. The molecule has 112 valence electrons. The minimum Gasteiger partial charge on any atom is -0.311 e. The number of halogens is 1. The van der Waals surface area contributed by atoms with Gasteiger partial charge >= 0.3 is 0 Å². The highest BCUT2D eigenvalue weighted by atomic mass is 35.5. The van der Waals surface area contributed by atoms with Crippen LogP contribution < -0.4 is 5.48 Å². The van der Waals surface area contributed by atoms with Gasteiger partial charge in [0.2, 0.25) is 5.28 Å². The minimum atomic E-state index is 0.0494. The summed E-state index contributed by atoms with van der Waals surface area (Å²) in [4.78, 5) is 12.2. The Bertz CT molecular complexity index is 826. The van der Waals surface area contributed by atoms with E-state index in [4.69, 9.17) is 16.8 Å². The largest absolute Gasteiger partial charge is 0.311 e. The fourth-order valence-electron chi connectivity index (χ4n) is 2.11. The first kappa shape index (κ1) is 14.5. The highest BCUT2D eigenvalue weighted by Gasteiger charge is 2.11. The molecule has 3 aromatic rings. The lowest BCUT2D eigenvalue weighted by Gasteiger charge is -2.02. The molecule has 2 aromatic heterocycles. The number of aryl methyl sites for hydroxylation is 1. The van der Waals surface area contributed by atoms with Gasteiger partial charge in [-0.15, -0.1) is 0 Å². The van der Waals surface area contributed by atoms with Gasteiger partial charge in [0.15, 0.2) is 17.0 Å². The predicted molar refractivity (Wildman–Crippen MR) is 86.0 cm³/mol. The zero-order valence-electron chi connectivity index (χ0n) is 11.9. The molecule has 0 amide bonds. The van der Waals surface area contributed by atoms with E-state index >= 15 is 0 Å². The molecule has 2 heterocycles. The van der Waals surface area contributed by atoms with Crippen molar-refractivity contribution in [1.29, 1.82) is 0 Å². The molecule has 6 nitrogen and oxygen atoms in total. The highest BCUT2D eigenvalue weighted by molar-refractivity contribution is 6.28. The van der Waals surface area contributed by atoms with Crippen molar-refractivity contribution in [2.75, 3.05) is 5.48 Å². The van der Waals surface area contributed by atoms with Crippen molar-refractivity contribution in [3.8, 4) is 0 Å². The molecule has 0 saturated heterocycles. The van der Waals surface area contributed by atoms with E-state index in [1.165, 1.54) is 5.56 Å². The summed E-state index contributed by atoms with van der Waals surface area (Å²) in [5.74, 6) is 0.191. The molecule has 0 fully saturated rings. The van der Waals surface area contributed by atoms with Gasteiger partial charge in [-0.05, 0) is 24.1 Å². The Hall–Kier alpha value is -2.44. The molecule has 0 saturated carbocycles. The molecule has 0 aliphatic carbocycles. The van der Waals surface area contributed by atoms with Crippen molar-refractivity contribution in [1.82, 2.24) is 19.5 Å². The molecule has 0 aliphatic rings. The smallest absolute Gasteiger partial charge is 0.226 e. The summed E-state index contributed by atoms with van der Waals surface area (Å²) in [5.41, 5.74) is 5.37. The Morgan fingerprint density at radius 3 is 2.77 bits per heavy atom. The zero-order valence-corrected chi connectivity index (χ0v) is 12.6. The van der Waals surface area contributed by atoms with Crippen molar-refractivity contribution in [2.24, 2.45) is 0 Å². The van der Waals surface area contributed by atoms with Crippen molar-refractivity contribution >= 4 is 34.7 Å². The standard InChI is InChI=1S/C15H14ClN5O/c1-10-4-6-11(7-5-10)3-2-8-21-9-17-12-13(20-22)18-15(16)19-14(12)21/h2-7,9,22H,8H2,1H3,(H,18,19,20)/b3-2+. The maximum Gasteiger partial charge on any atom is 0.226 e. The number of fused-ring (bicyclic) bond motifs is 1. The lowest BCUT2D eigenvalue weighted by molar-refractivity contribution is 0.386. The van der Waals surface area contributed by atoms with Crippen LogP contribution in [0.3, 0.4) is 0 Å². The average molecular weight is 316 g/mol. The van der Waals surface area contributed by atoms with Gasteiger partial charge < -0.3 is 4.57 Å². The average Bonchev–Trinajstić information content (AvgIpc) is 2.91. The van der Waals surface area contributed by atoms with Gasteiger partial charge in [0.25, 0.3) is 0 Å². The lowest BCUT2D eigenvalue weighted by atomic mass is 10.1. The molecule has 22 heavy (non-hydrogen) atoms. The lowest BCUT2D eigenvalue weighted by Crippen LogP contribution is -1.99. The van der Waals surface area contributed by atoms with Crippen molar-refractivity contribution in [2.45, 2.75) is 13.5 Å². The molecule has 1 aromatic carbocycles. The van der Waals surface area contributed by atoms with Crippen molar-refractivity contribution < 1.29 is 5.21 Å². The molecule has 0 radical (unpaired) electrons. The number of hydrogen-bond acceptors (Lipinski definition) is 5. The van der Waals surface area contributed by atoms with Crippen molar-refractivity contribution in [3.63, 3.8) is 0 Å². The van der Waals surface area contributed by atoms with Gasteiger partial charge in [-0.3, -0.25) is 10.7 Å². The quantitative estimate of drug-likeness (QED) is 0.570. The van der Waals surface area contributed by atoms with Crippen LogP contribution in [0.4, 0.5) is 5.82 Å². The van der Waals surface area contributed by atoms with Crippen LogP contribution in [0.5, 0.6) is 0 Å². The van der Waals surface area contributed by atoms with E-state index in [9.17, 15) is 0 Å². The summed E-state index contributed by atoms with van der Waals surface area (Å²) >= 11 is 5.84. The van der Waals surface area contributed by atoms with E-state index in [2.05, 4.69) is 46.1 Å². The van der Waals surface area contributed by atoms with Crippen LogP contribution in [0.25, 0.3) is 17.2 Å². The van der Waals surface area contributed by atoms with Crippen molar-refractivity contribution in [3.05, 3.63) is 53.1 Å². The Balaban J connectivity index is 1.85. The first-order valence-electron chi connectivity index (χ1n) is 6.69. The Kier molecular flexibility index (Phi) is 4.04. The van der Waals surface area contributed by atoms with E-state index in [0.29, 0.717) is 17.7 Å². The molecule has 3 rings (SSSR count). The maximum absolute atomic E-state index is 9.05. The molecule has 7 heteroatoms. The van der Waals surface area contributed by atoms with Gasteiger partial charge in [0.05, 0.1) is 6.33 Å². The van der Waals surface area contributed by atoms with Gasteiger partial charge in [-0.2, -0.15) is 9.97 Å². The molecule has 0 spiro atoms. The van der Waals surface area contributed by atoms with E-state index in [1.54, 1.807) is 6.33 Å². The first-order valence-corrected chi connectivity index (χ1v) is 7.07. The maximum atomic E-state index is 9.05. The first-order chi connectivity index (χ1) is 10.7. The number of benzene rings is 1. The summed E-state index contributed by atoms with van der Waals surface area (Å²) < 4.78 is 1.83. The Labute approximate surface area is 132 Å². The molecular weight excluding hydrogens is 302 g/mol. The number of nitrogens with one attached hydrogen (secondary N) is 1. The fraction of sp³-hybridized carbons (Fsp3) is 0.133. The minimum absolute atomic E-state index is 0.0494. The molecule has 0 atom stereocenters. The van der Waals surface area contributed by atoms with E-state index in [1.807, 2.05) is 22.2 Å². The second-order valence-corrected chi connectivity index (χ2v) is 5.17. The number of anilines is 1. The van der Waals surface area contributed by atoms with E-state index in [0.717, 1.165) is 5.56 Å². The SMILES string of the molecule is Cc1ccc(/C=C/Cn2cnc3c(NO)nc(Cl)nc32)cc1. The Morgan fingerprint density at radius 2 is 2.05 bits per heavy atom. The highest BCUT2D eigenvalue weighted by Crippen LogP contribution is 2.20. The van der Waals surface area contributed by atoms with E-state index < -0.39 is 0 Å². The summed E-state index contributed by atoms with van der Waals surface area (Å²) in [6, 6.07) is 8.26. The summed E-state index contributed by atoms with van der Waals surface area (Å²) in [5, 5.41) is 9.10. The zero-order chi connectivity index (χ0) is 15.5. The van der Waals surface area contributed by atoms with Crippen LogP contribution >= 0.6 is 11.6 Å². The van der Waals surface area contributed by atoms with Crippen LogP contribution in [0, 0.1) is 6.92 Å². The topological polar surface area (TPSA) is 75.9 Å². The number of hydrogen-bond donors (Lipinski definition) is 2. The fourth-order valence-corrected chi connectivity index (χ4v) is 2.27. The number of allylic oxidation sites excluding steroid dienone is 1. The molecule has 0 unspecified atom stereocenters. The third-order valence-corrected chi connectivity index (χ3v) is 3.40. The van der Waals surface area contributed by atoms with Crippen LogP contribution in [-0.4, -0.2) is 24.7 Å². The molecular formula is C15H14ClN5O. The van der Waals surface area contributed by atoms with Crippen LogP contribution in [0.2, 0.25) is 5.28 Å². The number of rotatable bonds is 4. The molecule has 0 aliphatic heterocycles. The second-order valence-electron chi connectivity index (χ2n) is 4.84. The molecule has 2 N–H and O–H groups in total. The van der Waals surface area contributed by atoms with Crippen LogP contribution in [0.15, 0.2) is 36.7 Å². The molecule has 0 bridgehead atoms.